The molecule has 0 N–H and O–H groups in total. The summed E-state index contributed by atoms with van der Waals surface area (Å²) in [4.78, 5) is 21.0. The number of hydrogen-bond donors (Lipinski definition) is 0. The number of methoxy groups -OCH3 is 1. The zero-order valence-electron chi connectivity index (χ0n) is 19.4. The Hall–Kier alpha value is -3.58. The van der Waals surface area contributed by atoms with E-state index in [1.807, 2.05) is 55.1 Å². The minimum atomic E-state index is -0.0555. The molecule has 1 fully saturated rings. The number of amides is 1. The third-order valence-corrected chi connectivity index (χ3v) is 5.69. The number of anilines is 1. The summed E-state index contributed by atoms with van der Waals surface area (Å²) in [5, 5.41) is 0. The lowest BCUT2D eigenvalue weighted by molar-refractivity contribution is -0.125. The number of carbonyl (C=O) groups is 1. The van der Waals surface area contributed by atoms with Crippen molar-refractivity contribution in [1.82, 2.24) is 14.5 Å². The van der Waals surface area contributed by atoms with E-state index in [-0.39, 0.29) is 5.91 Å². The Morgan fingerprint density at radius 2 is 2.03 bits per heavy atom. The van der Waals surface area contributed by atoms with Crippen LogP contribution in [-0.4, -0.2) is 60.8 Å². The van der Waals surface area contributed by atoms with Crippen molar-refractivity contribution in [1.29, 1.82) is 0 Å². The molecule has 7 nitrogen and oxygen atoms in total. The average Bonchev–Trinajstić information content (AvgIpc) is 3.29. The van der Waals surface area contributed by atoms with E-state index >= 15 is 0 Å². The van der Waals surface area contributed by atoms with Crippen LogP contribution < -0.4 is 9.64 Å². The van der Waals surface area contributed by atoms with Gasteiger partial charge in [-0.25, -0.2) is 4.98 Å². The zero-order valence-corrected chi connectivity index (χ0v) is 19.4. The number of ether oxygens (including phenoxy) is 2. The maximum atomic E-state index is 12.7. The average molecular weight is 447 g/mol. The normalized spacial score (nSPS) is 14.0. The SMILES string of the molecule is COc1cc(C=CC(=O)N(C)Cc2cccc(N3CCOCC3)c2)ccc1-n1cnc(C)c1. The minimum absolute atomic E-state index is 0.0555. The van der Waals surface area contributed by atoms with E-state index in [1.165, 1.54) is 5.69 Å². The first-order valence-corrected chi connectivity index (χ1v) is 11.1. The fourth-order valence-corrected chi connectivity index (χ4v) is 3.88. The molecule has 1 aromatic heterocycles. The van der Waals surface area contributed by atoms with Crippen molar-refractivity contribution in [2.45, 2.75) is 13.5 Å². The second kappa shape index (κ2) is 10.4. The number of hydrogen-bond acceptors (Lipinski definition) is 5. The molecular weight excluding hydrogens is 416 g/mol. The first-order chi connectivity index (χ1) is 16.0. The van der Waals surface area contributed by atoms with E-state index in [0.717, 1.165) is 54.6 Å². The molecule has 0 bridgehead atoms. The van der Waals surface area contributed by atoms with Crippen LogP contribution in [0, 0.1) is 6.92 Å². The molecule has 3 aromatic rings. The van der Waals surface area contributed by atoms with E-state index in [9.17, 15) is 4.79 Å². The van der Waals surface area contributed by atoms with Crippen molar-refractivity contribution in [3.8, 4) is 11.4 Å². The molecule has 0 unspecified atom stereocenters. The van der Waals surface area contributed by atoms with Gasteiger partial charge in [0.05, 0.1) is 38.0 Å². The van der Waals surface area contributed by atoms with Crippen LogP contribution in [0.25, 0.3) is 11.8 Å². The highest BCUT2D eigenvalue weighted by Gasteiger charge is 2.13. The van der Waals surface area contributed by atoms with Crippen LogP contribution in [-0.2, 0) is 16.1 Å². The topological polar surface area (TPSA) is 59.8 Å². The minimum Gasteiger partial charge on any atom is -0.495 e. The number of benzene rings is 2. The van der Waals surface area contributed by atoms with Gasteiger partial charge in [0.25, 0.3) is 0 Å². The molecule has 0 aliphatic carbocycles. The monoisotopic (exact) mass is 446 g/mol. The van der Waals surface area contributed by atoms with Crippen molar-refractivity contribution in [3.63, 3.8) is 0 Å². The molecule has 4 rings (SSSR count). The van der Waals surface area contributed by atoms with Gasteiger partial charge in [-0.1, -0.05) is 18.2 Å². The van der Waals surface area contributed by atoms with Gasteiger partial charge in [0, 0.05) is 44.6 Å². The first kappa shape index (κ1) is 22.6. The molecule has 33 heavy (non-hydrogen) atoms. The molecule has 1 aliphatic rings. The lowest BCUT2D eigenvalue weighted by atomic mass is 10.1. The van der Waals surface area contributed by atoms with E-state index in [0.29, 0.717) is 6.54 Å². The summed E-state index contributed by atoms with van der Waals surface area (Å²) < 4.78 is 12.9. The van der Waals surface area contributed by atoms with E-state index in [2.05, 4.69) is 28.1 Å². The molecule has 2 heterocycles. The van der Waals surface area contributed by atoms with Crippen molar-refractivity contribution in [2.24, 2.45) is 0 Å². The number of rotatable bonds is 7. The zero-order chi connectivity index (χ0) is 23.2. The second-order valence-electron chi connectivity index (χ2n) is 8.15. The largest absolute Gasteiger partial charge is 0.495 e. The van der Waals surface area contributed by atoms with Crippen molar-refractivity contribution in [2.75, 3.05) is 45.4 Å². The van der Waals surface area contributed by atoms with Gasteiger partial charge in [-0.3, -0.25) is 4.79 Å². The molecule has 0 radical (unpaired) electrons. The standard InChI is InChI=1S/C26H30N4O3/c1-20-17-30(19-27-20)24-9-7-21(16-25(24)32-3)8-10-26(31)28(2)18-22-5-4-6-23(15-22)29-11-13-33-14-12-29/h4-10,15-17,19H,11-14,18H2,1-3H3. The van der Waals surface area contributed by atoms with Crippen LogP contribution >= 0.6 is 0 Å². The van der Waals surface area contributed by atoms with Gasteiger partial charge in [-0.15, -0.1) is 0 Å². The number of aromatic nitrogens is 2. The number of likely N-dealkylation sites (N-methyl/N-ethyl adjacent to an activating group) is 1. The fourth-order valence-electron chi connectivity index (χ4n) is 3.88. The molecule has 1 amide bonds. The van der Waals surface area contributed by atoms with Crippen LogP contribution in [0.4, 0.5) is 5.69 Å². The first-order valence-electron chi connectivity index (χ1n) is 11.1. The van der Waals surface area contributed by atoms with Crippen molar-refractivity contribution >= 4 is 17.7 Å². The maximum absolute atomic E-state index is 12.7. The summed E-state index contributed by atoms with van der Waals surface area (Å²) >= 11 is 0. The summed E-state index contributed by atoms with van der Waals surface area (Å²) in [7, 11) is 3.46. The Kier molecular flexibility index (Phi) is 7.10. The van der Waals surface area contributed by atoms with Gasteiger partial charge in [0.15, 0.2) is 0 Å². The molecule has 0 saturated carbocycles. The molecule has 1 aliphatic heterocycles. The van der Waals surface area contributed by atoms with Gasteiger partial charge in [-0.05, 0) is 48.4 Å². The Morgan fingerprint density at radius 1 is 1.21 bits per heavy atom. The summed E-state index contributed by atoms with van der Waals surface area (Å²) in [6, 6.07) is 14.2. The molecule has 7 heteroatoms. The number of morpholine rings is 1. The van der Waals surface area contributed by atoms with Crippen molar-refractivity contribution in [3.05, 3.63) is 77.9 Å². The van der Waals surface area contributed by atoms with Crippen LogP contribution in [0.15, 0.2) is 61.1 Å². The Bertz CT molecular complexity index is 1130. The predicted molar refractivity (Wildman–Crippen MR) is 130 cm³/mol. The molecular formula is C26H30N4O3. The van der Waals surface area contributed by atoms with Gasteiger partial charge in [-0.2, -0.15) is 0 Å². The van der Waals surface area contributed by atoms with Gasteiger partial charge < -0.3 is 23.8 Å². The van der Waals surface area contributed by atoms with Crippen LogP contribution in [0.5, 0.6) is 5.75 Å². The van der Waals surface area contributed by atoms with Crippen molar-refractivity contribution < 1.29 is 14.3 Å². The van der Waals surface area contributed by atoms with Gasteiger partial charge >= 0.3 is 0 Å². The highest BCUT2D eigenvalue weighted by Crippen LogP contribution is 2.25. The summed E-state index contributed by atoms with van der Waals surface area (Å²) in [5.74, 6) is 0.662. The van der Waals surface area contributed by atoms with Crippen LogP contribution in [0.3, 0.4) is 0 Å². The third-order valence-electron chi connectivity index (χ3n) is 5.69. The lowest BCUT2D eigenvalue weighted by Gasteiger charge is -2.29. The van der Waals surface area contributed by atoms with E-state index in [1.54, 1.807) is 24.4 Å². The smallest absolute Gasteiger partial charge is 0.246 e. The molecule has 172 valence electrons. The molecule has 1 saturated heterocycles. The predicted octanol–water partition coefficient (Wildman–Crippen LogP) is 3.70. The van der Waals surface area contributed by atoms with E-state index in [4.69, 9.17) is 9.47 Å². The Morgan fingerprint density at radius 3 is 2.76 bits per heavy atom. The number of imidazole rings is 1. The van der Waals surface area contributed by atoms with Gasteiger partial charge in [0.2, 0.25) is 5.91 Å². The van der Waals surface area contributed by atoms with Crippen LogP contribution in [0.2, 0.25) is 0 Å². The Balaban J connectivity index is 1.41. The molecule has 0 spiro atoms. The maximum Gasteiger partial charge on any atom is 0.246 e. The highest BCUT2D eigenvalue weighted by molar-refractivity contribution is 5.91. The lowest BCUT2D eigenvalue weighted by Crippen LogP contribution is -2.36. The summed E-state index contributed by atoms with van der Waals surface area (Å²) in [6.07, 6.45) is 7.12. The van der Waals surface area contributed by atoms with E-state index < -0.39 is 0 Å². The third kappa shape index (κ3) is 5.62. The molecule has 0 atom stereocenters. The molecule has 2 aromatic carbocycles. The second-order valence-corrected chi connectivity index (χ2v) is 8.15. The Labute approximate surface area is 194 Å². The van der Waals surface area contributed by atoms with Gasteiger partial charge in [0.1, 0.15) is 5.75 Å². The number of nitrogens with zero attached hydrogens (tertiary/aromatic N) is 4. The van der Waals surface area contributed by atoms with Crippen LogP contribution in [0.1, 0.15) is 16.8 Å². The number of aryl methyl sites for hydroxylation is 1. The summed E-state index contributed by atoms with van der Waals surface area (Å²) in [6.45, 7) is 5.78. The fraction of sp³-hybridized carbons (Fsp3) is 0.308. The number of carbonyl (C=O) groups excluding carboxylic acids is 1. The highest BCUT2D eigenvalue weighted by atomic mass is 16.5. The summed E-state index contributed by atoms with van der Waals surface area (Å²) in [5.41, 5.74) is 5.00. The quantitative estimate of drug-likeness (QED) is 0.518.